The van der Waals surface area contributed by atoms with Gasteiger partial charge >= 0.3 is 0 Å². The number of piperidine rings is 1. The number of hydrogen-bond acceptors (Lipinski definition) is 7. The highest BCUT2D eigenvalue weighted by atomic mass is 32.2. The molecule has 200 valence electrons. The van der Waals surface area contributed by atoms with Crippen LogP contribution in [0.5, 0.6) is 5.75 Å². The normalized spacial score (nSPS) is 22.3. The Labute approximate surface area is 213 Å². The summed E-state index contributed by atoms with van der Waals surface area (Å²) >= 11 is 0. The zero-order valence-corrected chi connectivity index (χ0v) is 21.9. The van der Waals surface area contributed by atoms with Crippen molar-refractivity contribution in [3.05, 3.63) is 24.3 Å². The molecule has 0 radical (unpaired) electrons. The van der Waals surface area contributed by atoms with Crippen LogP contribution in [0.1, 0.15) is 45.4 Å². The number of sulfone groups is 1. The maximum Gasteiger partial charge on any atom is 0.242 e. The van der Waals surface area contributed by atoms with Gasteiger partial charge in [-0.1, -0.05) is 6.42 Å². The van der Waals surface area contributed by atoms with E-state index < -0.39 is 33.0 Å². The van der Waals surface area contributed by atoms with Crippen molar-refractivity contribution in [2.24, 2.45) is 5.41 Å². The minimum Gasteiger partial charge on any atom is -0.497 e. The third-order valence-corrected chi connectivity index (χ3v) is 8.60. The molecule has 1 spiro atoms. The highest BCUT2D eigenvalue weighted by Gasteiger charge is 2.43. The fourth-order valence-electron chi connectivity index (χ4n) is 4.62. The molecule has 1 aromatic rings. The smallest absolute Gasteiger partial charge is 0.242 e. The van der Waals surface area contributed by atoms with Crippen molar-refractivity contribution in [2.45, 2.75) is 56.4 Å². The SMILES string of the molecule is COc1ccc(S(=O)(=O)CC(=O)N2CCC3(CCCCOCCCNC(=O)[C@H](C)NC3=O)CC2)cc1. The topological polar surface area (TPSA) is 131 Å². The first-order valence-corrected chi connectivity index (χ1v) is 14.1. The van der Waals surface area contributed by atoms with E-state index >= 15 is 0 Å². The quantitative estimate of drug-likeness (QED) is 0.608. The lowest BCUT2D eigenvalue weighted by Gasteiger charge is -2.41. The van der Waals surface area contributed by atoms with Crippen LogP contribution in [0.4, 0.5) is 0 Å². The number of carbonyl (C=O) groups is 3. The lowest BCUT2D eigenvalue weighted by atomic mass is 9.73. The van der Waals surface area contributed by atoms with E-state index in [4.69, 9.17) is 9.47 Å². The highest BCUT2D eigenvalue weighted by molar-refractivity contribution is 7.92. The van der Waals surface area contributed by atoms with Crippen molar-refractivity contribution < 1.29 is 32.3 Å². The van der Waals surface area contributed by atoms with Crippen molar-refractivity contribution in [1.29, 1.82) is 0 Å². The number of nitrogens with one attached hydrogen (secondary N) is 2. The number of carbonyl (C=O) groups excluding carboxylic acids is 3. The van der Waals surface area contributed by atoms with Crippen LogP contribution in [0.15, 0.2) is 29.2 Å². The molecule has 2 heterocycles. The Bertz CT molecular complexity index is 1020. The molecular weight excluding hydrogens is 486 g/mol. The van der Waals surface area contributed by atoms with Crippen LogP contribution >= 0.6 is 0 Å². The number of benzene rings is 1. The summed E-state index contributed by atoms with van der Waals surface area (Å²) in [7, 11) is -2.32. The Morgan fingerprint density at radius 2 is 1.75 bits per heavy atom. The van der Waals surface area contributed by atoms with Crippen LogP contribution in [0.3, 0.4) is 0 Å². The fraction of sp³-hybridized carbons (Fsp3) is 0.640. The fourth-order valence-corrected chi connectivity index (χ4v) is 5.84. The minimum atomic E-state index is -3.81. The van der Waals surface area contributed by atoms with Gasteiger partial charge < -0.3 is 25.0 Å². The van der Waals surface area contributed by atoms with E-state index in [1.165, 1.54) is 24.1 Å². The third kappa shape index (κ3) is 7.19. The Balaban J connectivity index is 1.65. The predicted molar refractivity (Wildman–Crippen MR) is 133 cm³/mol. The van der Waals surface area contributed by atoms with Crippen molar-refractivity contribution in [3.8, 4) is 5.75 Å². The highest BCUT2D eigenvalue weighted by Crippen LogP contribution is 2.37. The molecule has 2 N–H and O–H groups in total. The largest absolute Gasteiger partial charge is 0.497 e. The van der Waals surface area contributed by atoms with Gasteiger partial charge in [-0.15, -0.1) is 0 Å². The molecule has 3 rings (SSSR count). The summed E-state index contributed by atoms with van der Waals surface area (Å²) in [4.78, 5) is 40.1. The molecule has 36 heavy (non-hydrogen) atoms. The summed E-state index contributed by atoms with van der Waals surface area (Å²) in [6, 6.07) is 5.26. The van der Waals surface area contributed by atoms with Crippen molar-refractivity contribution >= 4 is 27.6 Å². The van der Waals surface area contributed by atoms with E-state index in [0.717, 1.165) is 12.8 Å². The van der Waals surface area contributed by atoms with E-state index in [1.54, 1.807) is 19.1 Å². The zero-order valence-electron chi connectivity index (χ0n) is 21.1. The van der Waals surface area contributed by atoms with Gasteiger partial charge in [-0.05, 0) is 63.3 Å². The van der Waals surface area contributed by atoms with Crippen molar-refractivity contribution in [1.82, 2.24) is 15.5 Å². The van der Waals surface area contributed by atoms with Gasteiger partial charge in [0.2, 0.25) is 17.7 Å². The molecule has 0 saturated carbocycles. The Kier molecular flexibility index (Phi) is 9.72. The molecule has 3 amide bonds. The molecule has 2 aliphatic rings. The molecule has 0 aliphatic carbocycles. The molecule has 0 unspecified atom stereocenters. The lowest BCUT2D eigenvalue weighted by Crippen LogP contribution is -2.54. The van der Waals surface area contributed by atoms with Gasteiger partial charge in [0.05, 0.1) is 17.4 Å². The van der Waals surface area contributed by atoms with Crippen LogP contribution in [0.2, 0.25) is 0 Å². The number of ether oxygens (including phenoxy) is 2. The van der Waals surface area contributed by atoms with Gasteiger partial charge in [0.15, 0.2) is 9.84 Å². The maximum absolute atomic E-state index is 13.3. The Morgan fingerprint density at radius 3 is 2.42 bits per heavy atom. The molecule has 10 nitrogen and oxygen atoms in total. The molecule has 1 atom stereocenters. The van der Waals surface area contributed by atoms with Gasteiger partial charge in [-0.3, -0.25) is 14.4 Å². The zero-order chi connectivity index (χ0) is 26.2. The van der Waals surface area contributed by atoms with Gasteiger partial charge in [0.25, 0.3) is 0 Å². The van der Waals surface area contributed by atoms with Crippen LogP contribution in [-0.2, 0) is 29.0 Å². The van der Waals surface area contributed by atoms with Crippen LogP contribution in [-0.4, -0.2) is 82.8 Å². The monoisotopic (exact) mass is 523 g/mol. The van der Waals surface area contributed by atoms with Gasteiger partial charge in [0.1, 0.15) is 17.5 Å². The first kappa shape index (κ1) is 27.9. The molecular formula is C25H37N3O7S. The second-order valence-electron chi connectivity index (χ2n) is 9.50. The molecule has 0 aromatic heterocycles. The average molecular weight is 524 g/mol. The van der Waals surface area contributed by atoms with Crippen LogP contribution < -0.4 is 15.4 Å². The third-order valence-electron chi connectivity index (χ3n) is 6.99. The average Bonchev–Trinajstić information content (AvgIpc) is 2.87. The van der Waals surface area contributed by atoms with Crippen LogP contribution in [0.25, 0.3) is 0 Å². The number of nitrogens with zero attached hydrogens (tertiary/aromatic N) is 1. The summed E-state index contributed by atoms with van der Waals surface area (Å²) in [5, 5.41) is 5.68. The number of methoxy groups -OCH3 is 1. The van der Waals surface area contributed by atoms with E-state index in [1.807, 2.05) is 0 Å². The molecule has 0 bridgehead atoms. The Hall–Kier alpha value is -2.66. The number of amides is 3. The van der Waals surface area contributed by atoms with Crippen molar-refractivity contribution in [2.75, 3.05) is 45.7 Å². The lowest BCUT2D eigenvalue weighted by molar-refractivity contribution is -0.141. The van der Waals surface area contributed by atoms with E-state index in [2.05, 4.69) is 10.6 Å². The van der Waals surface area contributed by atoms with Crippen LogP contribution in [0, 0.1) is 5.41 Å². The minimum absolute atomic E-state index is 0.0602. The molecule has 2 aliphatic heterocycles. The van der Waals surface area contributed by atoms with E-state index in [-0.39, 0.29) is 29.8 Å². The molecule has 2 fully saturated rings. The van der Waals surface area contributed by atoms with E-state index in [0.29, 0.717) is 51.2 Å². The second-order valence-corrected chi connectivity index (χ2v) is 11.5. The Morgan fingerprint density at radius 1 is 1.08 bits per heavy atom. The number of hydrogen-bond donors (Lipinski definition) is 2. The summed E-state index contributed by atoms with van der Waals surface area (Å²) in [5.41, 5.74) is -0.718. The summed E-state index contributed by atoms with van der Waals surface area (Å²) < 4.78 is 36.2. The molecule has 11 heteroatoms. The summed E-state index contributed by atoms with van der Waals surface area (Å²) in [6.07, 6.45) is 3.75. The van der Waals surface area contributed by atoms with Gasteiger partial charge in [-0.2, -0.15) is 0 Å². The van der Waals surface area contributed by atoms with E-state index in [9.17, 15) is 22.8 Å². The summed E-state index contributed by atoms with van der Waals surface area (Å²) in [5.74, 6) is -1.02. The van der Waals surface area contributed by atoms with Crippen molar-refractivity contribution in [3.63, 3.8) is 0 Å². The predicted octanol–water partition coefficient (Wildman–Crippen LogP) is 1.29. The summed E-state index contributed by atoms with van der Waals surface area (Å²) in [6.45, 7) is 3.87. The first-order valence-electron chi connectivity index (χ1n) is 12.5. The molecule has 1 aromatic carbocycles. The number of likely N-dealkylation sites (tertiary alicyclic amines) is 1. The second kappa shape index (κ2) is 12.5. The maximum atomic E-state index is 13.3. The standard InChI is InChI=1S/C25H37N3O7S/c1-19-23(30)26-13-5-17-35-16-4-3-10-25(24(31)27-19)11-14-28(15-12-25)22(29)18-36(32,33)21-8-6-20(34-2)7-9-21/h6-9,19H,3-5,10-18H2,1-2H3,(H,26,30)(H,27,31)/t19-/m0/s1. The number of rotatable bonds is 4. The van der Waals surface area contributed by atoms with Gasteiger partial charge in [-0.25, -0.2) is 8.42 Å². The first-order chi connectivity index (χ1) is 17.2. The van der Waals surface area contributed by atoms with Gasteiger partial charge in [0, 0.05) is 32.8 Å². The molecule has 2 saturated heterocycles.